The number of hydrogen-bond acceptors (Lipinski definition) is 3. The molecule has 1 aromatic rings. The molecule has 1 heterocycles. The van der Waals surface area contributed by atoms with Gasteiger partial charge in [0.25, 0.3) is 0 Å². The smallest absolute Gasteiger partial charge is 0.246 e. The van der Waals surface area contributed by atoms with Crippen LogP contribution in [0.4, 0.5) is 4.39 Å². The van der Waals surface area contributed by atoms with Gasteiger partial charge in [-0.3, -0.25) is 0 Å². The van der Waals surface area contributed by atoms with E-state index in [2.05, 4.69) is 0 Å². The summed E-state index contributed by atoms with van der Waals surface area (Å²) >= 11 is 0. The Morgan fingerprint density at radius 3 is 2.53 bits per heavy atom. The molecule has 0 amide bonds. The highest BCUT2D eigenvalue weighted by molar-refractivity contribution is 7.89. The van der Waals surface area contributed by atoms with Gasteiger partial charge in [0.2, 0.25) is 10.0 Å². The van der Waals surface area contributed by atoms with Crippen molar-refractivity contribution < 1.29 is 12.8 Å². The Hall–Kier alpha value is -0.690. The molecule has 1 atom stereocenters. The minimum atomic E-state index is -3.72. The first-order valence-corrected chi connectivity index (χ1v) is 6.46. The zero-order chi connectivity index (χ0) is 11.8. The third kappa shape index (κ3) is 2.77. The summed E-state index contributed by atoms with van der Waals surface area (Å²) in [6.45, 7) is 0.620. The Balaban J connectivity index is 0.00000144. The summed E-state index contributed by atoms with van der Waals surface area (Å²) in [5, 5.41) is 0. The van der Waals surface area contributed by atoms with E-state index in [1.807, 2.05) is 0 Å². The third-order valence-corrected chi connectivity index (χ3v) is 4.54. The fourth-order valence-electron chi connectivity index (χ4n) is 1.77. The summed E-state index contributed by atoms with van der Waals surface area (Å²) in [6.07, 6.45) is 0.619. The molecule has 0 bridgehead atoms. The zero-order valence-corrected chi connectivity index (χ0v) is 10.7. The average molecular weight is 281 g/mol. The van der Waals surface area contributed by atoms with Crippen LogP contribution in [0.5, 0.6) is 0 Å². The van der Waals surface area contributed by atoms with Gasteiger partial charge in [0, 0.05) is 19.1 Å². The first kappa shape index (κ1) is 14.4. The molecule has 2 N–H and O–H groups in total. The molecule has 0 unspecified atom stereocenters. The molecule has 1 aromatic carbocycles. The van der Waals surface area contributed by atoms with Crippen LogP contribution in [0.3, 0.4) is 0 Å². The lowest BCUT2D eigenvalue weighted by atomic mass is 10.3. The van der Waals surface area contributed by atoms with Crippen molar-refractivity contribution in [2.75, 3.05) is 13.1 Å². The van der Waals surface area contributed by atoms with Crippen molar-refractivity contribution >= 4 is 22.4 Å². The molecule has 4 nitrogen and oxygen atoms in total. The lowest BCUT2D eigenvalue weighted by Gasteiger charge is -2.16. The predicted octanol–water partition coefficient (Wildman–Crippen LogP) is 0.969. The van der Waals surface area contributed by atoms with Crippen molar-refractivity contribution in [3.8, 4) is 0 Å². The van der Waals surface area contributed by atoms with Gasteiger partial charge in [0.15, 0.2) is 0 Å². The largest absolute Gasteiger partial charge is 0.326 e. The number of sulfonamides is 1. The molecule has 0 aromatic heterocycles. The van der Waals surface area contributed by atoms with Crippen LogP contribution >= 0.6 is 12.4 Å². The molecule has 96 valence electrons. The number of halogens is 2. The molecule has 0 aliphatic carbocycles. The zero-order valence-electron chi connectivity index (χ0n) is 9.04. The number of nitrogens with two attached hydrogens (primary N) is 1. The highest BCUT2D eigenvalue weighted by Crippen LogP contribution is 2.22. The Bertz CT molecular complexity index is 495. The summed E-state index contributed by atoms with van der Waals surface area (Å²) in [7, 11) is -3.72. The van der Waals surface area contributed by atoms with Gasteiger partial charge < -0.3 is 5.73 Å². The number of hydrogen-bond donors (Lipinski definition) is 1. The molecule has 0 saturated carbocycles. The molecule has 17 heavy (non-hydrogen) atoms. The minimum absolute atomic E-state index is 0. The standard InChI is InChI=1S/C10H13FN2O2S.ClH/c11-9-3-1-2-4-10(9)16(14,15)13-6-5-8(12)7-13;/h1-4,8H,5-7,12H2;1H/t8-;/m0./s1. The molecule has 0 radical (unpaired) electrons. The van der Waals surface area contributed by atoms with Crippen LogP contribution in [-0.4, -0.2) is 31.9 Å². The van der Waals surface area contributed by atoms with E-state index in [0.717, 1.165) is 6.07 Å². The van der Waals surface area contributed by atoms with Gasteiger partial charge in [-0.15, -0.1) is 12.4 Å². The molecule has 1 saturated heterocycles. The van der Waals surface area contributed by atoms with Crippen molar-refractivity contribution in [1.82, 2.24) is 4.31 Å². The van der Waals surface area contributed by atoms with E-state index >= 15 is 0 Å². The van der Waals surface area contributed by atoms with Gasteiger partial charge in [0.1, 0.15) is 10.7 Å². The second-order valence-electron chi connectivity index (χ2n) is 3.84. The van der Waals surface area contributed by atoms with E-state index in [1.165, 1.54) is 22.5 Å². The van der Waals surface area contributed by atoms with E-state index in [4.69, 9.17) is 5.73 Å². The van der Waals surface area contributed by atoms with Crippen LogP contribution in [0.2, 0.25) is 0 Å². The van der Waals surface area contributed by atoms with E-state index in [0.29, 0.717) is 13.0 Å². The fourth-order valence-corrected chi connectivity index (χ4v) is 3.34. The van der Waals surface area contributed by atoms with Crippen LogP contribution in [0.1, 0.15) is 6.42 Å². The molecule has 1 aliphatic rings. The second kappa shape index (κ2) is 5.30. The van der Waals surface area contributed by atoms with Crippen molar-refractivity contribution in [3.63, 3.8) is 0 Å². The van der Waals surface area contributed by atoms with E-state index in [-0.39, 0.29) is 29.9 Å². The van der Waals surface area contributed by atoms with Crippen LogP contribution in [0, 0.1) is 5.82 Å². The number of nitrogens with zero attached hydrogens (tertiary/aromatic N) is 1. The average Bonchev–Trinajstić information content (AvgIpc) is 2.66. The minimum Gasteiger partial charge on any atom is -0.326 e. The Kier molecular flexibility index (Phi) is 4.48. The van der Waals surface area contributed by atoms with Crippen LogP contribution in [0.15, 0.2) is 29.2 Å². The second-order valence-corrected chi connectivity index (χ2v) is 5.75. The van der Waals surface area contributed by atoms with Crippen LogP contribution < -0.4 is 5.73 Å². The van der Waals surface area contributed by atoms with Crippen molar-refractivity contribution in [3.05, 3.63) is 30.1 Å². The predicted molar refractivity (Wildman–Crippen MR) is 65.0 cm³/mol. The molecule has 0 spiro atoms. The summed E-state index contributed by atoms with van der Waals surface area (Å²) in [5.41, 5.74) is 5.64. The first-order chi connectivity index (χ1) is 7.51. The lowest BCUT2D eigenvalue weighted by molar-refractivity contribution is 0.465. The first-order valence-electron chi connectivity index (χ1n) is 5.02. The summed E-state index contributed by atoms with van der Waals surface area (Å²) < 4.78 is 38.7. The highest BCUT2D eigenvalue weighted by atomic mass is 35.5. The van der Waals surface area contributed by atoms with Crippen molar-refractivity contribution in [2.45, 2.75) is 17.4 Å². The maximum atomic E-state index is 13.4. The SMILES string of the molecule is Cl.N[C@H]1CCN(S(=O)(=O)c2ccccc2F)C1. The van der Waals surface area contributed by atoms with Gasteiger partial charge in [-0.25, -0.2) is 12.8 Å². The molecular weight excluding hydrogens is 267 g/mol. The molecule has 7 heteroatoms. The number of rotatable bonds is 2. The monoisotopic (exact) mass is 280 g/mol. The Morgan fingerprint density at radius 1 is 1.35 bits per heavy atom. The third-order valence-electron chi connectivity index (χ3n) is 2.64. The topological polar surface area (TPSA) is 63.4 Å². The van der Waals surface area contributed by atoms with Crippen molar-refractivity contribution in [1.29, 1.82) is 0 Å². The summed E-state index contributed by atoms with van der Waals surface area (Å²) in [5.74, 6) is -0.719. The Morgan fingerprint density at radius 2 is 2.00 bits per heavy atom. The summed E-state index contributed by atoms with van der Waals surface area (Å²) in [4.78, 5) is -0.274. The normalized spacial score (nSPS) is 21.2. The molecule has 1 fully saturated rings. The molecule has 2 rings (SSSR count). The Labute approximate surface area is 106 Å². The van der Waals surface area contributed by atoms with Gasteiger partial charge in [0.05, 0.1) is 0 Å². The van der Waals surface area contributed by atoms with Crippen molar-refractivity contribution in [2.24, 2.45) is 5.73 Å². The van der Waals surface area contributed by atoms with Gasteiger partial charge >= 0.3 is 0 Å². The van der Waals surface area contributed by atoms with E-state index in [9.17, 15) is 12.8 Å². The van der Waals surface area contributed by atoms with Gasteiger partial charge in [-0.2, -0.15) is 4.31 Å². The lowest BCUT2D eigenvalue weighted by Crippen LogP contribution is -2.32. The molecular formula is C10H14ClFN2O2S. The number of benzene rings is 1. The maximum absolute atomic E-state index is 13.4. The summed E-state index contributed by atoms with van der Waals surface area (Å²) in [6, 6.07) is 5.23. The fraction of sp³-hybridized carbons (Fsp3) is 0.400. The van der Waals surface area contributed by atoms with Gasteiger partial charge in [-0.05, 0) is 18.6 Å². The van der Waals surface area contributed by atoms with Gasteiger partial charge in [-0.1, -0.05) is 12.1 Å². The van der Waals surface area contributed by atoms with Crippen LogP contribution in [-0.2, 0) is 10.0 Å². The highest BCUT2D eigenvalue weighted by Gasteiger charge is 2.32. The maximum Gasteiger partial charge on any atom is 0.246 e. The van der Waals surface area contributed by atoms with E-state index in [1.54, 1.807) is 0 Å². The molecule has 1 aliphatic heterocycles. The van der Waals surface area contributed by atoms with E-state index < -0.39 is 15.8 Å². The quantitative estimate of drug-likeness (QED) is 0.878. The van der Waals surface area contributed by atoms with Crippen LogP contribution in [0.25, 0.3) is 0 Å².